The number of nitrogens with zero attached hydrogens (tertiary/aromatic N) is 2. The van der Waals surface area contributed by atoms with Gasteiger partial charge in [-0.05, 0) is 42.5 Å². The molecule has 6 heteroatoms. The number of benzene rings is 2. The summed E-state index contributed by atoms with van der Waals surface area (Å²) in [5, 5.41) is 0.0214. The van der Waals surface area contributed by atoms with E-state index >= 15 is 0 Å². The molecule has 0 amide bonds. The molecule has 0 saturated carbocycles. The Morgan fingerprint density at radius 3 is 2.03 bits per heavy atom. The maximum Gasteiger partial charge on any atom is 0.329 e. The second-order valence-electron chi connectivity index (χ2n) is 8.39. The van der Waals surface area contributed by atoms with Crippen LogP contribution in [0.15, 0.2) is 69.4 Å². The molecular weight excluding hydrogens is 384 g/mol. The van der Waals surface area contributed by atoms with Gasteiger partial charge in [0, 0.05) is 12.7 Å². The zero-order valence-corrected chi connectivity index (χ0v) is 18.5. The smallest absolute Gasteiger partial charge is 0.298 e. The number of imidazole rings is 1. The Labute approximate surface area is 172 Å². The molecule has 1 heterocycles. The summed E-state index contributed by atoms with van der Waals surface area (Å²) in [5.41, 5.74) is 2.76. The average Bonchev–Trinajstić information content (AvgIpc) is 2.98. The van der Waals surface area contributed by atoms with Crippen LogP contribution < -0.4 is 5.69 Å². The molecular formula is C23H28N2O3S. The van der Waals surface area contributed by atoms with Crippen molar-refractivity contribution in [2.45, 2.75) is 63.0 Å². The third-order valence-electron chi connectivity index (χ3n) is 5.12. The molecule has 5 nitrogen and oxygen atoms in total. The fourth-order valence-electron chi connectivity index (χ4n) is 3.22. The van der Waals surface area contributed by atoms with Gasteiger partial charge in [0.2, 0.25) is 9.84 Å². The molecule has 0 N–H and O–H groups in total. The van der Waals surface area contributed by atoms with Crippen molar-refractivity contribution >= 4 is 9.84 Å². The molecule has 0 aliphatic rings. The van der Waals surface area contributed by atoms with Crippen LogP contribution in [0.5, 0.6) is 0 Å². The van der Waals surface area contributed by atoms with Gasteiger partial charge in [-0.2, -0.15) is 0 Å². The molecule has 3 rings (SSSR count). The molecule has 0 fully saturated rings. The van der Waals surface area contributed by atoms with Crippen LogP contribution in [0.25, 0.3) is 0 Å². The van der Waals surface area contributed by atoms with Crippen molar-refractivity contribution in [2.75, 3.05) is 0 Å². The van der Waals surface area contributed by atoms with Gasteiger partial charge in [0.15, 0.2) is 5.03 Å². The van der Waals surface area contributed by atoms with Gasteiger partial charge >= 0.3 is 5.69 Å². The van der Waals surface area contributed by atoms with Crippen LogP contribution in [0.3, 0.4) is 0 Å². The standard InChI is InChI=1S/C23H28N2O3S/c1-6-24-16-21(29(27,28)20-13-7-17(2)8-14-20)25(22(24)26)15-18-9-11-19(12-10-18)23(3,4)5/h7-14,16H,6,15H2,1-5H3. The van der Waals surface area contributed by atoms with Gasteiger partial charge in [-0.3, -0.25) is 9.13 Å². The lowest BCUT2D eigenvalue weighted by atomic mass is 9.87. The molecule has 0 atom stereocenters. The minimum absolute atomic E-state index is 0.0214. The summed E-state index contributed by atoms with van der Waals surface area (Å²) in [4.78, 5) is 13.0. The second-order valence-corrected chi connectivity index (χ2v) is 10.3. The van der Waals surface area contributed by atoms with Crippen LogP contribution >= 0.6 is 0 Å². The minimum Gasteiger partial charge on any atom is -0.298 e. The maximum absolute atomic E-state index is 13.3. The first kappa shape index (κ1) is 21.1. The number of hydrogen-bond donors (Lipinski definition) is 0. The van der Waals surface area contributed by atoms with E-state index in [0.29, 0.717) is 6.54 Å². The average molecular weight is 413 g/mol. The highest BCUT2D eigenvalue weighted by atomic mass is 32.2. The van der Waals surface area contributed by atoms with E-state index in [2.05, 4.69) is 20.8 Å². The summed E-state index contributed by atoms with van der Waals surface area (Å²) in [7, 11) is -3.81. The fourth-order valence-corrected chi connectivity index (χ4v) is 4.66. The van der Waals surface area contributed by atoms with Crippen molar-refractivity contribution in [1.29, 1.82) is 0 Å². The third-order valence-corrected chi connectivity index (χ3v) is 6.89. The number of aryl methyl sites for hydroxylation is 2. The van der Waals surface area contributed by atoms with E-state index in [0.717, 1.165) is 11.1 Å². The summed E-state index contributed by atoms with van der Waals surface area (Å²) in [6, 6.07) is 14.7. The molecule has 154 valence electrons. The summed E-state index contributed by atoms with van der Waals surface area (Å²) < 4.78 is 29.3. The molecule has 2 aromatic carbocycles. The van der Waals surface area contributed by atoms with Crippen LogP contribution in [0.2, 0.25) is 0 Å². The minimum atomic E-state index is -3.81. The molecule has 0 saturated heterocycles. The van der Waals surface area contributed by atoms with E-state index < -0.39 is 9.84 Å². The molecule has 0 bridgehead atoms. The predicted octanol–water partition coefficient (Wildman–Crippen LogP) is 4.16. The molecule has 0 aliphatic heterocycles. The highest BCUT2D eigenvalue weighted by molar-refractivity contribution is 7.91. The van der Waals surface area contributed by atoms with Crippen molar-refractivity contribution < 1.29 is 8.42 Å². The van der Waals surface area contributed by atoms with Gasteiger partial charge in [-0.1, -0.05) is 62.7 Å². The van der Waals surface area contributed by atoms with Gasteiger partial charge in [0.1, 0.15) is 0 Å². The fraction of sp³-hybridized carbons (Fsp3) is 0.348. The van der Waals surface area contributed by atoms with Crippen molar-refractivity contribution in [3.05, 3.63) is 81.9 Å². The highest BCUT2D eigenvalue weighted by Crippen LogP contribution is 2.24. The molecule has 1 aromatic heterocycles. The molecule has 3 aromatic rings. The first-order chi connectivity index (χ1) is 13.5. The Balaban J connectivity index is 2.07. The summed E-state index contributed by atoms with van der Waals surface area (Å²) in [5.74, 6) is 0. The summed E-state index contributed by atoms with van der Waals surface area (Å²) in [6.07, 6.45) is 1.45. The zero-order valence-electron chi connectivity index (χ0n) is 17.6. The first-order valence-corrected chi connectivity index (χ1v) is 11.2. The number of sulfone groups is 1. The lowest BCUT2D eigenvalue weighted by Crippen LogP contribution is -2.26. The Bertz CT molecular complexity index is 1160. The Morgan fingerprint density at radius 2 is 1.52 bits per heavy atom. The van der Waals surface area contributed by atoms with E-state index in [1.165, 1.54) is 20.9 Å². The lowest BCUT2D eigenvalue weighted by molar-refractivity contribution is 0.576. The third kappa shape index (κ3) is 4.22. The molecule has 0 radical (unpaired) electrons. The van der Waals surface area contributed by atoms with Crippen LogP contribution in [0.4, 0.5) is 0 Å². The van der Waals surface area contributed by atoms with Gasteiger partial charge in [0.05, 0.1) is 11.4 Å². The lowest BCUT2D eigenvalue weighted by Gasteiger charge is -2.19. The largest absolute Gasteiger partial charge is 0.329 e. The first-order valence-electron chi connectivity index (χ1n) is 9.75. The number of rotatable bonds is 5. The topological polar surface area (TPSA) is 61.1 Å². The SMILES string of the molecule is CCn1cc(S(=O)(=O)c2ccc(C)cc2)n(Cc2ccc(C(C)(C)C)cc2)c1=O. The summed E-state index contributed by atoms with van der Waals surface area (Å²) >= 11 is 0. The Kier molecular flexibility index (Phi) is 5.59. The van der Waals surface area contributed by atoms with Gasteiger partial charge < -0.3 is 0 Å². The van der Waals surface area contributed by atoms with E-state index in [4.69, 9.17) is 0 Å². The van der Waals surface area contributed by atoms with Crippen LogP contribution in [0.1, 0.15) is 44.4 Å². The van der Waals surface area contributed by atoms with Crippen LogP contribution in [0, 0.1) is 6.92 Å². The van der Waals surface area contributed by atoms with E-state index in [1.54, 1.807) is 24.3 Å². The van der Waals surface area contributed by atoms with Crippen molar-refractivity contribution in [3.8, 4) is 0 Å². The molecule has 0 unspecified atom stereocenters. The Hall–Kier alpha value is -2.60. The predicted molar refractivity (Wildman–Crippen MR) is 115 cm³/mol. The summed E-state index contributed by atoms with van der Waals surface area (Å²) in [6.45, 7) is 10.8. The monoisotopic (exact) mass is 412 g/mol. The maximum atomic E-state index is 13.3. The van der Waals surface area contributed by atoms with Crippen molar-refractivity contribution in [3.63, 3.8) is 0 Å². The molecule has 0 spiro atoms. The van der Waals surface area contributed by atoms with E-state index in [-0.39, 0.29) is 27.6 Å². The number of aromatic nitrogens is 2. The zero-order chi connectivity index (χ0) is 21.4. The Morgan fingerprint density at radius 1 is 0.931 bits per heavy atom. The van der Waals surface area contributed by atoms with Crippen molar-refractivity contribution in [1.82, 2.24) is 9.13 Å². The van der Waals surface area contributed by atoms with E-state index in [9.17, 15) is 13.2 Å². The van der Waals surface area contributed by atoms with Crippen LogP contribution in [-0.4, -0.2) is 17.6 Å². The van der Waals surface area contributed by atoms with E-state index in [1.807, 2.05) is 38.1 Å². The van der Waals surface area contributed by atoms with Crippen LogP contribution in [-0.2, 0) is 28.3 Å². The van der Waals surface area contributed by atoms with Gasteiger partial charge in [0.25, 0.3) is 0 Å². The van der Waals surface area contributed by atoms with Gasteiger partial charge in [-0.15, -0.1) is 0 Å². The van der Waals surface area contributed by atoms with Gasteiger partial charge in [-0.25, -0.2) is 13.2 Å². The highest BCUT2D eigenvalue weighted by Gasteiger charge is 2.25. The van der Waals surface area contributed by atoms with Crippen molar-refractivity contribution in [2.24, 2.45) is 0 Å². The molecule has 0 aliphatic carbocycles. The number of hydrogen-bond acceptors (Lipinski definition) is 3. The quantitative estimate of drug-likeness (QED) is 0.632. The molecule has 29 heavy (non-hydrogen) atoms. The normalized spacial score (nSPS) is 12.3. The second kappa shape index (κ2) is 7.67.